The molecule has 1 heterocycles. The molecule has 0 amide bonds. The Hall–Kier alpha value is -0.880. The van der Waals surface area contributed by atoms with Crippen LogP contribution in [0.15, 0.2) is 15.6 Å². The summed E-state index contributed by atoms with van der Waals surface area (Å²) in [6.45, 7) is 2.87. The monoisotopic (exact) mass is 275 g/mol. The smallest absolute Gasteiger partial charge is 0.267 e. The van der Waals surface area contributed by atoms with E-state index < -0.39 is 0 Å². The normalized spacial score (nSPS) is 12.5. The third kappa shape index (κ3) is 3.64. The van der Waals surface area contributed by atoms with Crippen LogP contribution in [-0.4, -0.2) is 28.2 Å². The third-order valence-corrected chi connectivity index (χ3v) is 2.77. The fourth-order valence-electron chi connectivity index (χ4n) is 1.10. The minimum Gasteiger partial charge on any atom is -0.396 e. The summed E-state index contributed by atoms with van der Waals surface area (Å²) < 4.78 is 0.404. The molecule has 1 aromatic heterocycles. The number of aromatic amines is 1. The molecule has 0 aliphatic heterocycles. The van der Waals surface area contributed by atoms with Gasteiger partial charge in [0, 0.05) is 13.2 Å². The summed E-state index contributed by atoms with van der Waals surface area (Å²) in [7, 11) is 0. The first-order chi connectivity index (χ1) is 7.15. The maximum Gasteiger partial charge on any atom is 0.267 e. The summed E-state index contributed by atoms with van der Waals surface area (Å²) in [6, 6.07) is 0. The van der Waals surface area contributed by atoms with Crippen LogP contribution in [0, 0.1) is 5.92 Å². The van der Waals surface area contributed by atoms with E-state index in [0.717, 1.165) is 6.42 Å². The Morgan fingerprint density at radius 3 is 3.13 bits per heavy atom. The number of H-pyrrole nitrogens is 1. The van der Waals surface area contributed by atoms with Crippen LogP contribution in [0.4, 0.5) is 5.82 Å². The number of nitrogens with one attached hydrogen (secondary N) is 2. The van der Waals surface area contributed by atoms with Crippen molar-refractivity contribution in [2.75, 3.05) is 18.5 Å². The lowest BCUT2D eigenvalue weighted by Crippen LogP contribution is -2.17. The van der Waals surface area contributed by atoms with Gasteiger partial charge in [0.2, 0.25) is 0 Å². The second-order valence-corrected chi connectivity index (χ2v) is 4.19. The summed E-state index contributed by atoms with van der Waals surface area (Å²) >= 11 is 3.15. The van der Waals surface area contributed by atoms with Crippen molar-refractivity contribution < 1.29 is 5.11 Å². The molecule has 5 nitrogen and oxygen atoms in total. The average Bonchev–Trinajstić information content (AvgIpc) is 2.21. The molecule has 0 bridgehead atoms. The molecule has 0 saturated heterocycles. The van der Waals surface area contributed by atoms with E-state index in [2.05, 4.69) is 31.2 Å². The van der Waals surface area contributed by atoms with Crippen LogP contribution in [0.2, 0.25) is 0 Å². The van der Waals surface area contributed by atoms with Crippen molar-refractivity contribution >= 4 is 21.7 Å². The Bertz CT molecular complexity index is 367. The molecular formula is C9H14BrN3O2. The number of aliphatic hydroxyl groups excluding tert-OH is 1. The molecule has 0 aliphatic rings. The molecule has 0 aliphatic carbocycles. The molecule has 1 rings (SSSR count). The van der Waals surface area contributed by atoms with Gasteiger partial charge in [0.1, 0.15) is 10.3 Å². The van der Waals surface area contributed by atoms with E-state index >= 15 is 0 Å². The number of halogens is 1. The maximum absolute atomic E-state index is 11.2. The molecule has 0 radical (unpaired) electrons. The number of hydrogen-bond donors (Lipinski definition) is 3. The zero-order valence-electron chi connectivity index (χ0n) is 8.46. The van der Waals surface area contributed by atoms with Crippen LogP contribution in [0.5, 0.6) is 0 Å². The topological polar surface area (TPSA) is 78.0 Å². The minimum atomic E-state index is -0.206. The second-order valence-electron chi connectivity index (χ2n) is 3.39. The predicted octanol–water partition coefficient (Wildman–Crippen LogP) is 0.963. The molecule has 84 valence electrons. The van der Waals surface area contributed by atoms with Crippen LogP contribution in [0.3, 0.4) is 0 Å². The number of hydrogen-bond acceptors (Lipinski definition) is 4. The molecule has 0 aromatic carbocycles. The van der Waals surface area contributed by atoms with Gasteiger partial charge in [-0.15, -0.1) is 0 Å². The van der Waals surface area contributed by atoms with Gasteiger partial charge >= 0.3 is 0 Å². The summed E-state index contributed by atoms with van der Waals surface area (Å²) in [6.07, 6.45) is 2.08. The predicted molar refractivity (Wildman–Crippen MR) is 61.9 cm³/mol. The van der Waals surface area contributed by atoms with Gasteiger partial charge in [-0.3, -0.25) is 4.79 Å². The molecule has 15 heavy (non-hydrogen) atoms. The Labute approximate surface area is 96.1 Å². The van der Waals surface area contributed by atoms with Gasteiger partial charge in [-0.2, -0.15) is 0 Å². The van der Waals surface area contributed by atoms with E-state index in [1.165, 1.54) is 6.33 Å². The molecule has 1 unspecified atom stereocenters. The first kappa shape index (κ1) is 12.2. The standard InChI is InChI=1S/C9H14BrN3O2/c1-6(2-3-14)4-11-8-7(10)9(15)13-5-12-8/h5-6,14H,2-4H2,1H3,(H2,11,12,13,15). The van der Waals surface area contributed by atoms with Crippen molar-refractivity contribution in [3.8, 4) is 0 Å². The SMILES string of the molecule is CC(CCO)CNc1nc[nH]c(=O)c1Br. The van der Waals surface area contributed by atoms with Gasteiger partial charge in [0.05, 0.1) is 6.33 Å². The van der Waals surface area contributed by atoms with Gasteiger partial charge in [0.15, 0.2) is 0 Å². The van der Waals surface area contributed by atoms with Gasteiger partial charge in [-0.1, -0.05) is 6.92 Å². The Morgan fingerprint density at radius 1 is 1.73 bits per heavy atom. The molecule has 0 fully saturated rings. The lowest BCUT2D eigenvalue weighted by Gasteiger charge is -2.11. The molecular weight excluding hydrogens is 262 g/mol. The van der Waals surface area contributed by atoms with E-state index in [9.17, 15) is 4.79 Å². The lowest BCUT2D eigenvalue weighted by molar-refractivity contribution is 0.266. The van der Waals surface area contributed by atoms with E-state index in [-0.39, 0.29) is 12.2 Å². The van der Waals surface area contributed by atoms with E-state index in [4.69, 9.17) is 5.11 Å². The van der Waals surface area contributed by atoms with Crippen molar-refractivity contribution in [3.63, 3.8) is 0 Å². The number of aromatic nitrogens is 2. The number of anilines is 1. The van der Waals surface area contributed by atoms with Crippen LogP contribution >= 0.6 is 15.9 Å². The van der Waals surface area contributed by atoms with Crippen molar-refractivity contribution in [2.24, 2.45) is 5.92 Å². The first-order valence-corrected chi connectivity index (χ1v) is 5.52. The van der Waals surface area contributed by atoms with Crippen molar-refractivity contribution in [1.82, 2.24) is 9.97 Å². The molecule has 0 spiro atoms. The van der Waals surface area contributed by atoms with Crippen molar-refractivity contribution in [2.45, 2.75) is 13.3 Å². The van der Waals surface area contributed by atoms with Crippen molar-refractivity contribution in [1.29, 1.82) is 0 Å². The van der Waals surface area contributed by atoms with Gasteiger partial charge in [0.25, 0.3) is 5.56 Å². The Balaban J connectivity index is 2.58. The lowest BCUT2D eigenvalue weighted by atomic mass is 10.1. The highest BCUT2D eigenvalue weighted by atomic mass is 79.9. The zero-order chi connectivity index (χ0) is 11.3. The number of nitrogens with zero attached hydrogens (tertiary/aromatic N) is 1. The van der Waals surface area contributed by atoms with Gasteiger partial charge < -0.3 is 15.4 Å². The Morgan fingerprint density at radius 2 is 2.47 bits per heavy atom. The van der Waals surface area contributed by atoms with Crippen molar-refractivity contribution in [3.05, 3.63) is 21.2 Å². The highest BCUT2D eigenvalue weighted by molar-refractivity contribution is 9.10. The van der Waals surface area contributed by atoms with E-state index in [1.54, 1.807) is 0 Å². The molecule has 0 saturated carbocycles. The van der Waals surface area contributed by atoms with Crippen LogP contribution < -0.4 is 10.9 Å². The van der Waals surface area contributed by atoms with Crippen LogP contribution in [-0.2, 0) is 0 Å². The van der Waals surface area contributed by atoms with E-state index in [0.29, 0.717) is 22.8 Å². The largest absolute Gasteiger partial charge is 0.396 e. The highest BCUT2D eigenvalue weighted by Gasteiger charge is 2.06. The first-order valence-electron chi connectivity index (χ1n) is 4.73. The van der Waals surface area contributed by atoms with Crippen LogP contribution in [0.1, 0.15) is 13.3 Å². The highest BCUT2D eigenvalue weighted by Crippen LogP contribution is 2.13. The summed E-state index contributed by atoms with van der Waals surface area (Å²) in [4.78, 5) is 17.6. The average molecular weight is 276 g/mol. The summed E-state index contributed by atoms with van der Waals surface area (Å²) in [5.74, 6) is 0.867. The van der Waals surface area contributed by atoms with E-state index in [1.807, 2.05) is 6.92 Å². The molecule has 1 aromatic rings. The molecule has 6 heteroatoms. The summed E-state index contributed by atoms with van der Waals surface area (Å²) in [5, 5.41) is 11.8. The fourth-order valence-corrected chi connectivity index (χ4v) is 1.46. The third-order valence-electron chi connectivity index (χ3n) is 2.04. The van der Waals surface area contributed by atoms with Gasteiger partial charge in [-0.05, 0) is 28.3 Å². The number of rotatable bonds is 5. The van der Waals surface area contributed by atoms with Gasteiger partial charge in [-0.25, -0.2) is 4.98 Å². The molecule has 3 N–H and O–H groups in total. The quantitative estimate of drug-likeness (QED) is 0.748. The maximum atomic E-state index is 11.2. The summed E-state index contributed by atoms with van der Waals surface area (Å²) in [5.41, 5.74) is -0.206. The second kappa shape index (κ2) is 5.87. The van der Waals surface area contributed by atoms with Crippen LogP contribution in [0.25, 0.3) is 0 Å². The fraction of sp³-hybridized carbons (Fsp3) is 0.556. The number of aliphatic hydroxyl groups is 1. The minimum absolute atomic E-state index is 0.173. The Kier molecular flexibility index (Phi) is 4.77. The zero-order valence-corrected chi connectivity index (χ0v) is 10.0. The molecule has 1 atom stereocenters.